The number of ether oxygens (including phenoxy) is 2. The molecule has 6 nitrogen and oxygen atoms in total. The lowest BCUT2D eigenvalue weighted by Gasteiger charge is -2.40. The van der Waals surface area contributed by atoms with Gasteiger partial charge in [-0.15, -0.1) is 0 Å². The minimum absolute atomic E-state index is 0.226. The van der Waals surface area contributed by atoms with Crippen LogP contribution in [0.4, 0.5) is 0 Å². The smallest absolute Gasteiger partial charge is 0.116 e. The van der Waals surface area contributed by atoms with Crippen LogP contribution < -0.4 is 5.32 Å². The van der Waals surface area contributed by atoms with Crippen molar-refractivity contribution in [2.75, 3.05) is 20.4 Å². The summed E-state index contributed by atoms with van der Waals surface area (Å²) in [6.45, 7) is 1.61. The summed E-state index contributed by atoms with van der Waals surface area (Å²) in [6, 6.07) is 0. The van der Waals surface area contributed by atoms with E-state index < -0.39 is 30.5 Å². The molecule has 0 radical (unpaired) electrons. The van der Waals surface area contributed by atoms with Crippen molar-refractivity contribution in [3.05, 3.63) is 0 Å². The molecular formula is C9H19NO5. The van der Waals surface area contributed by atoms with E-state index in [1.807, 2.05) is 0 Å². The van der Waals surface area contributed by atoms with Gasteiger partial charge in [-0.2, -0.15) is 0 Å². The van der Waals surface area contributed by atoms with Gasteiger partial charge in [-0.1, -0.05) is 0 Å². The summed E-state index contributed by atoms with van der Waals surface area (Å²) >= 11 is 0. The largest absolute Gasteiger partial charge is 0.394 e. The van der Waals surface area contributed by atoms with Gasteiger partial charge in [0.05, 0.1) is 19.4 Å². The fourth-order valence-corrected chi connectivity index (χ4v) is 1.65. The standard InChI is InChI=1S/C9H19NO5/c1-5-7(12)9(14-4-10-2)8(13)6(3-11)15-5/h5-13H,3-4H2,1-2H3. The van der Waals surface area contributed by atoms with Crippen LogP contribution in [-0.4, -0.2) is 66.2 Å². The number of aliphatic hydroxyl groups is 3. The van der Waals surface area contributed by atoms with Crippen LogP contribution >= 0.6 is 0 Å². The maximum atomic E-state index is 9.75. The van der Waals surface area contributed by atoms with Crippen LogP contribution in [0.3, 0.4) is 0 Å². The molecule has 5 atom stereocenters. The zero-order valence-corrected chi connectivity index (χ0v) is 8.96. The van der Waals surface area contributed by atoms with Crippen LogP contribution in [-0.2, 0) is 9.47 Å². The van der Waals surface area contributed by atoms with Gasteiger partial charge in [-0.05, 0) is 14.0 Å². The molecule has 1 aliphatic heterocycles. The van der Waals surface area contributed by atoms with Crippen molar-refractivity contribution in [3.63, 3.8) is 0 Å². The van der Waals surface area contributed by atoms with Gasteiger partial charge in [-0.25, -0.2) is 0 Å². The molecule has 0 aromatic heterocycles. The number of hydrogen-bond donors (Lipinski definition) is 4. The molecule has 0 amide bonds. The third-order valence-electron chi connectivity index (χ3n) is 2.52. The van der Waals surface area contributed by atoms with Gasteiger partial charge < -0.3 is 24.8 Å². The molecule has 4 N–H and O–H groups in total. The van der Waals surface area contributed by atoms with E-state index in [9.17, 15) is 10.2 Å². The Kier molecular flexibility index (Phi) is 4.91. The van der Waals surface area contributed by atoms with Gasteiger partial charge in [0.1, 0.15) is 24.4 Å². The molecule has 1 fully saturated rings. The van der Waals surface area contributed by atoms with E-state index >= 15 is 0 Å². The Morgan fingerprint density at radius 3 is 2.53 bits per heavy atom. The SMILES string of the molecule is CNCOC1C(O)C(C)OC(CO)C1O. The summed E-state index contributed by atoms with van der Waals surface area (Å²) < 4.78 is 10.5. The molecule has 0 aromatic carbocycles. The molecule has 1 aliphatic rings. The Hall–Kier alpha value is -0.240. The fourth-order valence-electron chi connectivity index (χ4n) is 1.65. The van der Waals surface area contributed by atoms with Crippen LogP contribution in [0.1, 0.15) is 6.92 Å². The predicted molar refractivity (Wildman–Crippen MR) is 52.2 cm³/mol. The second kappa shape index (κ2) is 5.74. The summed E-state index contributed by atoms with van der Waals surface area (Å²) in [5.74, 6) is 0. The van der Waals surface area contributed by atoms with E-state index in [2.05, 4.69) is 5.32 Å². The van der Waals surface area contributed by atoms with E-state index in [0.29, 0.717) is 0 Å². The first kappa shape index (κ1) is 12.8. The second-order valence-corrected chi connectivity index (χ2v) is 3.67. The van der Waals surface area contributed by atoms with Crippen LogP contribution in [0.2, 0.25) is 0 Å². The molecule has 0 spiro atoms. The van der Waals surface area contributed by atoms with Gasteiger partial charge in [0.2, 0.25) is 0 Å². The highest BCUT2D eigenvalue weighted by Gasteiger charge is 2.42. The predicted octanol–water partition coefficient (Wildman–Crippen LogP) is -1.95. The van der Waals surface area contributed by atoms with Crippen molar-refractivity contribution in [1.82, 2.24) is 5.32 Å². The van der Waals surface area contributed by atoms with Crippen molar-refractivity contribution in [1.29, 1.82) is 0 Å². The zero-order valence-electron chi connectivity index (χ0n) is 8.96. The Bertz CT molecular complexity index is 191. The molecule has 15 heavy (non-hydrogen) atoms. The number of hydrogen-bond acceptors (Lipinski definition) is 6. The van der Waals surface area contributed by atoms with E-state index in [0.717, 1.165) is 0 Å². The summed E-state index contributed by atoms with van der Waals surface area (Å²) in [6.07, 6.45) is -3.82. The van der Waals surface area contributed by atoms with Crippen LogP contribution in [0.25, 0.3) is 0 Å². The molecule has 5 unspecified atom stereocenters. The normalized spacial score (nSPS) is 41.8. The van der Waals surface area contributed by atoms with Crippen LogP contribution in [0.15, 0.2) is 0 Å². The van der Waals surface area contributed by atoms with Crippen molar-refractivity contribution < 1.29 is 24.8 Å². The van der Waals surface area contributed by atoms with Crippen molar-refractivity contribution in [3.8, 4) is 0 Å². The Morgan fingerprint density at radius 1 is 1.33 bits per heavy atom. The van der Waals surface area contributed by atoms with Gasteiger partial charge >= 0.3 is 0 Å². The molecule has 0 aliphatic carbocycles. The van der Waals surface area contributed by atoms with Crippen molar-refractivity contribution in [2.45, 2.75) is 37.4 Å². The van der Waals surface area contributed by atoms with E-state index in [1.165, 1.54) is 0 Å². The van der Waals surface area contributed by atoms with E-state index in [4.69, 9.17) is 14.6 Å². The molecule has 0 aromatic rings. The molecule has 1 saturated heterocycles. The highest BCUT2D eigenvalue weighted by Crippen LogP contribution is 2.22. The number of rotatable bonds is 4. The van der Waals surface area contributed by atoms with Crippen molar-refractivity contribution in [2.24, 2.45) is 0 Å². The molecule has 0 bridgehead atoms. The summed E-state index contributed by atoms with van der Waals surface area (Å²) in [4.78, 5) is 0. The minimum Gasteiger partial charge on any atom is -0.394 e. The van der Waals surface area contributed by atoms with Crippen molar-refractivity contribution >= 4 is 0 Å². The zero-order chi connectivity index (χ0) is 11.4. The molecule has 90 valence electrons. The quantitative estimate of drug-likeness (QED) is 0.412. The fraction of sp³-hybridized carbons (Fsp3) is 1.00. The van der Waals surface area contributed by atoms with Gasteiger partial charge in [0.15, 0.2) is 0 Å². The molecule has 1 heterocycles. The highest BCUT2D eigenvalue weighted by atomic mass is 16.6. The first-order valence-corrected chi connectivity index (χ1v) is 5.00. The number of nitrogens with one attached hydrogen (secondary N) is 1. The highest BCUT2D eigenvalue weighted by molar-refractivity contribution is 4.91. The average Bonchev–Trinajstić information content (AvgIpc) is 2.23. The topological polar surface area (TPSA) is 91.2 Å². The molecule has 1 rings (SSSR count). The Morgan fingerprint density at radius 2 is 2.00 bits per heavy atom. The van der Waals surface area contributed by atoms with Gasteiger partial charge in [0.25, 0.3) is 0 Å². The monoisotopic (exact) mass is 221 g/mol. The van der Waals surface area contributed by atoms with E-state index in [-0.39, 0.29) is 13.3 Å². The lowest BCUT2D eigenvalue weighted by atomic mass is 9.96. The van der Waals surface area contributed by atoms with E-state index in [1.54, 1.807) is 14.0 Å². The van der Waals surface area contributed by atoms with Gasteiger partial charge in [0, 0.05) is 0 Å². The van der Waals surface area contributed by atoms with Gasteiger partial charge in [-0.3, -0.25) is 5.32 Å². The molecule has 0 saturated carbocycles. The Balaban J connectivity index is 2.62. The first-order valence-electron chi connectivity index (χ1n) is 5.00. The second-order valence-electron chi connectivity index (χ2n) is 3.67. The molecular weight excluding hydrogens is 202 g/mol. The summed E-state index contributed by atoms with van der Waals surface area (Å²) in [5.41, 5.74) is 0. The number of aliphatic hydroxyl groups excluding tert-OH is 3. The molecule has 6 heteroatoms. The third-order valence-corrected chi connectivity index (χ3v) is 2.52. The van der Waals surface area contributed by atoms with Crippen LogP contribution in [0, 0.1) is 0 Å². The summed E-state index contributed by atoms with van der Waals surface area (Å²) in [7, 11) is 1.70. The minimum atomic E-state index is -1.02. The average molecular weight is 221 g/mol. The first-order chi connectivity index (χ1) is 7.11. The lowest BCUT2D eigenvalue weighted by Crippen LogP contribution is -2.59. The maximum Gasteiger partial charge on any atom is 0.116 e. The lowest BCUT2D eigenvalue weighted by molar-refractivity contribution is -0.238. The Labute approximate surface area is 88.8 Å². The maximum absolute atomic E-state index is 9.75. The van der Waals surface area contributed by atoms with Crippen LogP contribution in [0.5, 0.6) is 0 Å². The third kappa shape index (κ3) is 2.87. The summed E-state index contributed by atoms with van der Waals surface area (Å²) in [5, 5.41) is 31.2.